The molecule has 0 radical (unpaired) electrons. The number of aliphatic carboxylic acids is 1. The first-order chi connectivity index (χ1) is 9.80. The number of allylic oxidation sites excluding steroid dienone is 1. The van der Waals surface area contributed by atoms with E-state index in [-0.39, 0.29) is 6.42 Å². The molecule has 4 nitrogen and oxygen atoms in total. The van der Waals surface area contributed by atoms with Crippen LogP contribution in [0.3, 0.4) is 0 Å². The maximum Gasteiger partial charge on any atom is 0.471 e. The number of nitrogens with one attached hydrogen (secondary N) is 1. The summed E-state index contributed by atoms with van der Waals surface area (Å²) < 4.78 is 36.2. The zero-order valence-electron chi connectivity index (χ0n) is 10.9. The third-order valence-corrected chi connectivity index (χ3v) is 2.60. The number of carbonyl (C=O) groups excluding carboxylic acids is 1. The van der Waals surface area contributed by atoms with Crippen molar-refractivity contribution in [3.8, 4) is 0 Å². The molecule has 1 amide bonds. The Morgan fingerprint density at radius 2 is 1.81 bits per heavy atom. The molecule has 0 bridgehead atoms. The van der Waals surface area contributed by atoms with E-state index in [0.29, 0.717) is 6.42 Å². The van der Waals surface area contributed by atoms with Gasteiger partial charge in [-0.1, -0.05) is 42.5 Å². The summed E-state index contributed by atoms with van der Waals surface area (Å²) in [4.78, 5) is 21.5. The van der Waals surface area contributed by atoms with E-state index in [9.17, 15) is 22.8 Å². The molecule has 0 saturated heterocycles. The van der Waals surface area contributed by atoms with Crippen molar-refractivity contribution in [3.05, 3.63) is 48.0 Å². The van der Waals surface area contributed by atoms with E-state index in [1.807, 2.05) is 30.3 Å². The van der Waals surface area contributed by atoms with Crippen LogP contribution in [0.4, 0.5) is 13.2 Å². The highest BCUT2D eigenvalue weighted by Gasteiger charge is 2.40. The third kappa shape index (κ3) is 6.11. The zero-order chi connectivity index (χ0) is 15.9. The average Bonchev–Trinajstić information content (AvgIpc) is 2.41. The van der Waals surface area contributed by atoms with E-state index in [0.717, 1.165) is 5.56 Å². The molecule has 1 aromatic rings. The minimum absolute atomic E-state index is 0.218. The molecule has 0 spiro atoms. The topological polar surface area (TPSA) is 66.4 Å². The lowest BCUT2D eigenvalue weighted by Gasteiger charge is -2.13. The van der Waals surface area contributed by atoms with E-state index in [4.69, 9.17) is 5.11 Å². The van der Waals surface area contributed by atoms with Crippen LogP contribution in [0.25, 0.3) is 0 Å². The fourth-order valence-electron chi connectivity index (χ4n) is 1.53. The second-order valence-electron chi connectivity index (χ2n) is 4.26. The van der Waals surface area contributed by atoms with E-state index in [2.05, 4.69) is 0 Å². The summed E-state index contributed by atoms with van der Waals surface area (Å²) in [5.74, 6) is -3.77. The highest BCUT2D eigenvalue weighted by molar-refractivity contribution is 5.86. The summed E-state index contributed by atoms with van der Waals surface area (Å²) >= 11 is 0. The molecule has 1 atom stereocenters. The lowest BCUT2D eigenvalue weighted by molar-refractivity contribution is -0.175. The molecule has 21 heavy (non-hydrogen) atoms. The van der Waals surface area contributed by atoms with Crippen molar-refractivity contribution < 1.29 is 27.9 Å². The highest BCUT2D eigenvalue weighted by atomic mass is 19.4. The molecule has 7 heteroatoms. The van der Waals surface area contributed by atoms with Gasteiger partial charge in [0, 0.05) is 0 Å². The van der Waals surface area contributed by atoms with Crippen molar-refractivity contribution in [1.82, 2.24) is 5.32 Å². The number of carbonyl (C=O) groups is 2. The van der Waals surface area contributed by atoms with Crippen molar-refractivity contribution in [2.24, 2.45) is 0 Å². The maximum atomic E-state index is 12.1. The number of amides is 1. The van der Waals surface area contributed by atoms with Crippen LogP contribution < -0.4 is 5.32 Å². The number of alkyl halides is 3. The third-order valence-electron chi connectivity index (χ3n) is 2.60. The standard InChI is InChI=1S/C14H14F3NO3/c15-14(16,17)13(21)18-11(12(19)20)9-5-4-8-10-6-2-1-3-7-10/h1-7,11H,8-9H2,(H,18,21)(H,19,20)/b5-4+. The van der Waals surface area contributed by atoms with Gasteiger partial charge >= 0.3 is 18.1 Å². The second kappa shape index (κ2) is 7.47. The molecule has 1 rings (SSSR count). The Morgan fingerprint density at radius 3 is 2.33 bits per heavy atom. The monoisotopic (exact) mass is 301 g/mol. The Kier molecular flexibility index (Phi) is 5.95. The van der Waals surface area contributed by atoms with Gasteiger partial charge < -0.3 is 10.4 Å². The summed E-state index contributed by atoms with van der Waals surface area (Å²) in [5, 5.41) is 10.2. The van der Waals surface area contributed by atoms with Gasteiger partial charge in [0.15, 0.2) is 0 Å². The van der Waals surface area contributed by atoms with Gasteiger partial charge in [-0.3, -0.25) is 4.79 Å². The Morgan fingerprint density at radius 1 is 1.19 bits per heavy atom. The van der Waals surface area contributed by atoms with Crippen LogP contribution in [0, 0.1) is 0 Å². The van der Waals surface area contributed by atoms with Gasteiger partial charge in [-0.15, -0.1) is 0 Å². The van der Waals surface area contributed by atoms with Crippen molar-refractivity contribution in [3.63, 3.8) is 0 Å². The van der Waals surface area contributed by atoms with Crippen molar-refractivity contribution in [2.45, 2.75) is 25.1 Å². The number of rotatable bonds is 6. The number of hydrogen-bond acceptors (Lipinski definition) is 2. The van der Waals surface area contributed by atoms with E-state index < -0.39 is 24.1 Å². The molecule has 0 aliphatic rings. The Balaban J connectivity index is 2.52. The predicted molar refractivity (Wildman–Crippen MR) is 69.5 cm³/mol. The molecule has 1 aromatic carbocycles. The number of halogens is 3. The summed E-state index contributed by atoms with van der Waals surface area (Å²) in [6.07, 6.45) is -1.71. The van der Waals surface area contributed by atoms with Gasteiger partial charge in [0.05, 0.1) is 0 Å². The van der Waals surface area contributed by atoms with Crippen LogP contribution in [0.5, 0.6) is 0 Å². The highest BCUT2D eigenvalue weighted by Crippen LogP contribution is 2.15. The predicted octanol–water partition coefficient (Wildman–Crippen LogP) is 2.31. The maximum absolute atomic E-state index is 12.1. The fraction of sp³-hybridized carbons (Fsp3) is 0.286. The first-order valence-electron chi connectivity index (χ1n) is 6.10. The number of benzene rings is 1. The molecule has 0 heterocycles. The van der Waals surface area contributed by atoms with Crippen LogP contribution in [-0.4, -0.2) is 29.2 Å². The molecule has 0 aliphatic heterocycles. The first-order valence-corrected chi connectivity index (χ1v) is 6.10. The summed E-state index contributed by atoms with van der Waals surface area (Å²) in [5.41, 5.74) is 0.986. The quantitative estimate of drug-likeness (QED) is 0.792. The van der Waals surface area contributed by atoms with E-state index in [1.165, 1.54) is 11.4 Å². The van der Waals surface area contributed by atoms with Gasteiger partial charge in [0.2, 0.25) is 0 Å². The fourth-order valence-corrected chi connectivity index (χ4v) is 1.53. The molecule has 0 aliphatic carbocycles. The molecular formula is C14H14F3NO3. The minimum Gasteiger partial charge on any atom is -0.480 e. The number of carboxylic acids is 1. The lowest BCUT2D eigenvalue weighted by Crippen LogP contribution is -2.46. The summed E-state index contributed by atoms with van der Waals surface area (Å²) in [7, 11) is 0. The van der Waals surface area contributed by atoms with E-state index >= 15 is 0 Å². The van der Waals surface area contributed by atoms with Gasteiger partial charge in [-0.05, 0) is 18.4 Å². The smallest absolute Gasteiger partial charge is 0.471 e. The van der Waals surface area contributed by atoms with E-state index in [1.54, 1.807) is 6.08 Å². The van der Waals surface area contributed by atoms with Crippen molar-refractivity contribution in [1.29, 1.82) is 0 Å². The zero-order valence-corrected chi connectivity index (χ0v) is 10.9. The van der Waals surface area contributed by atoms with Gasteiger partial charge in [-0.25, -0.2) is 4.79 Å². The van der Waals surface area contributed by atoms with Crippen LogP contribution in [0.15, 0.2) is 42.5 Å². The molecule has 2 N–H and O–H groups in total. The number of hydrogen-bond donors (Lipinski definition) is 2. The van der Waals surface area contributed by atoms with Crippen LogP contribution in [-0.2, 0) is 16.0 Å². The second-order valence-corrected chi connectivity index (χ2v) is 4.26. The SMILES string of the molecule is O=C(O)C(C/C=C/Cc1ccccc1)NC(=O)C(F)(F)F. The Labute approximate surface area is 119 Å². The van der Waals surface area contributed by atoms with Crippen LogP contribution in [0.1, 0.15) is 12.0 Å². The minimum atomic E-state index is -5.10. The molecule has 0 fully saturated rings. The van der Waals surface area contributed by atoms with Crippen molar-refractivity contribution in [2.75, 3.05) is 0 Å². The summed E-state index contributed by atoms with van der Waals surface area (Å²) in [6.45, 7) is 0. The molecule has 1 unspecified atom stereocenters. The Hall–Kier alpha value is -2.31. The average molecular weight is 301 g/mol. The number of carboxylic acid groups (broad SMARTS) is 1. The normalized spacial score (nSPS) is 13.1. The van der Waals surface area contributed by atoms with Crippen LogP contribution in [0.2, 0.25) is 0 Å². The van der Waals surface area contributed by atoms with Gasteiger partial charge in [0.1, 0.15) is 6.04 Å². The van der Waals surface area contributed by atoms with Crippen LogP contribution >= 0.6 is 0 Å². The lowest BCUT2D eigenvalue weighted by atomic mass is 10.1. The summed E-state index contributed by atoms with van der Waals surface area (Å²) in [6, 6.07) is 7.65. The molecule has 114 valence electrons. The largest absolute Gasteiger partial charge is 0.480 e. The Bertz CT molecular complexity index is 512. The first kappa shape index (κ1) is 16.7. The van der Waals surface area contributed by atoms with Crippen molar-refractivity contribution >= 4 is 11.9 Å². The van der Waals surface area contributed by atoms with Gasteiger partial charge in [0.25, 0.3) is 0 Å². The molecular weight excluding hydrogens is 287 g/mol. The molecule has 0 aromatic heterocycles. The van der Waals surface area contributed by atoms with Gasteiger partial charge in [-0.2, -0.15) is 13.2 Å². The molecule has 0 saturated carbocycles.